The van der Waals surface area contributed by atoms with Crippen LogP contribution in [0.15, 0.2) is 0 Å². The van der Waals surface area contributed by atoms with Crippen molar-refractivity contribution >= 4 is 8.46 Å². The van der Waals surface area contributed by atoms with Gasteiger partial charge >= 0.3 is 0 Å². The SMILES string of the molecule is CC(C)(CO)CC(C)(C)P=O. The summed E-state index contributed by atoms with van der Waals surface area (Å²) in [6.45, 7) is 7.95. The fourth-order valence-electron chi connectivity index (χ4n) is 1.26. The van der Waals surface area contributed by atoms with Crippen LogP contribution in [0.3, 0.4) is 0 Å². The Morgan fingerprint density at radius 2 is 1.73 bits per heavy atom. The van der Waals surface area contributed by atoms with E-state index in [9.17, 15) is 4.57 Å². The molecule has 0 amide bonds. The number of rotatable bonds is 4. The Labute approximate surface area is 70.2 Å². The number of hydrogen-bond acceptors (Lipinski definition) is 2. The minimum atomic E-state index is -0.216. The highest BCUT2D eigenvalue weighted by Crippen LogP contribution is 2.35. The number of aliphatic hydroxyl groups is 1. The van der Waals surface area contributed by atoms with Gasteiger partial charge in [0.2, 0.25) is 0 Å². The van der Waals surface area contributed by atoms with Gasteiger partial charge in [-0.05, 0) is 25.7 Å². The zero-order valence-electron chi connectivity index (χ0n) is 7.72. The second-order valence-corrected chi connectivity index (χ2v) is 5.80. The summed E-state index contributed by atoms with van der Waals surface area (Å²) in [5, 5.41) is 8.73. The molecule has 0 aromatic rings. The van der Waals surface area contributed by atoms with Crippen LogP contribution in [0.5, 0.6) is 0 Å². The lowest BCUT2D eigenvalue weighted by Crippen LogP contribution is -2.26. The van der Waals surface area contributed by atoms with Gasteiger partial charge in [0.25, 0.3) is 0 Å². The molecule has 0 unspecified atom stereocenters. The van der Waals surface area contributed by atoms with E-state index in [4.69, 9.17) is 5.11 Å². The molecular formula is C8H17O2P. The summed E-state index contributed by atoms with van der Waals surface area (Å²) in [6, 6.07) is 0. The lowest BCUT2D eigenvalue weighted by molar-refractivity contribution is 0.140. The third-order valence-corrected chi connectivity index (χ3v) is 2.24. The Balaban J connectivity index is 4.12. The molecule has 0 heterocycles. The molecule has 2 nitrogen and oxygen atoms in total. The zero-order chi connectivity index (χ0) is 9.12. The number of hydrogen-bond donors (Lipinski definition) is 1. The first-order chi connectivity index (χ1) is 4.83. The molecule has 0 aliphatic rings. The van der Waals surface area contributed by atoms with Crippen molar-refractivity contribution in [1.29, 1.82) is 0 Å². The smallest absolute Gasteiger partial charge is 0.161 e. The molecular weight excluding hydrogens is 159 g/mol. The highest BCUT2D eigenvalue weighted by atomic mass is 31.1. The zero-order valence-corrected chi connectivity index (χ0v) is 8.61. The van der Waals surface area contributed by atoms with Crippen molar-refractivity contribution in [2.24, 2.45) is 5.41 Å². The van der Waals surface area contributed by atoms with Gasteiger partial charge in [-0.2, -0.15) is 0 Å². The van der Waals surface area contributed by atoms with E-state index >= 15 is 0 Å². The Morgan fingerprint density at radius 1 is 1.27 bits per heavy atom. The second-order valence-electron chi connectivity index (χ2n) is 4.40. The van der Waals surface area contributed by atoms with Crippen molar-refractivity contribution in [3.05, 3.63) is 0 Å². The van der Waals surface area contributed by atoms with Gasteiger partial charge in [0.15, 0.2) is 8.46 Å². The summed E-state index contributed by atoms with van der Waals surface area (Å²) < 4.78 is 10.6. The molecule has 1 N–H and O–H groups in total. The van der Waals surface area contributed by atoms with Crippen LogP contribution in [-0.2, 0) is 4.57 Å². The molecule has 0 atom stereocenters. The van der Waals surface area contributed by atoms with Gasteiger partial charge in [-0.15, -0.1) is 0 Å². The van der Waals surface area contributed by atoms with Crippen LogP contribution in [0.1, 0.15) is 34.1 Å². The standard InChI is InChI=1S/C8H17O2P/c1-7(2,6-9)5-8(3,4)11-10/h9H,5-6H2,1-4H3. The average Bonchev–Trinajstić information content (AvgIpc) is 1.86. The minimum absolute atomic E-state index is 0.124. The average molecular weight is 176 g/mol. The molecule has 0 spiro atoms. The molecule has 0 aromatic carbocycles. The molecule has 11 heavy (non-hydrogen) atoms. The van der Waals surface area contributed by atoms with Crippen LogP contribution in [0.25, 0.3) is 0 Å². The molecule has 66 valence electrons. The van der Waals surface area contributed by atoms with Crippen molar-refractivity contribution < 1.29 is 9.67 Å². The highest BCUT2D eigenvalue weighted by Gasteiger charge is 2.28. The molecule has 0 rings (SSSR count). The van der Waals surface area contributed by atoms with Gasteiger partial charge < -0.3 is 5.11 Å². The van der Waals surface area contributed by atoms with Gasteiger partial charge in [-0.1, -0.05) is 13.8 Å². The molecule has 0 aliphatic heterocycles. The van der Waals surface area contributed by atoms with Gasteiger partial charge in [-0.25, -0.2) is 0 Å². The van der Waals surface area contributed by atoms with Crippen LogP contribution in [0.2, 0.25) is 0 Å². The van der Waals surface area contributed by atoms with Crippen molar-refractivity contribution in [2.45, 2.75) is 39.3 Å². The van der Waals surface area contributed by atoms with E-state index in [1.54, 1.807) is 0 Å². The molecule has 0 saturated heterocycles. The first kappa shape index (κ1) is 11.1. The predicted octanol–water partition coefficient (Wildman–Crippen LogP) is 2.47. The quantitative estimate of drug-likeness (QED) is 0.668. The van der Waals surface area contributed by atoms with E-state index in [0.717, 1.165) is 6.42 Å². The molecule has 3 heteroatoms. The molecule has 0 saturated carbocycles. The Hall–Kier alpha value is 0.0600. The predicted molar refractivity (Wildman–Crippen MR) is 47.2 cm³/mol. The lowest BCUT2D eigenvalue weighted by Gasteiger charge is -2.28. The van der Waals surface area contributed by atoms with E-state index in [0.29, 0.717) is 0 Å². The summed E-state index contributed by atoms with van der Waals surface area (Å²) >= 11 is 0. The Morgan fingerprint density at radius 3 is 2.00 bits per heavy atom. The van der Waals surface area contributed by atoms with E-state index in [2.05, 4.69) is 0 Å². The van der Waals surface area contributed by atoms with E-state index in [1.165, 1.54) is 0 Å². The maximum Gasteiger partial charge on any atom is 0.161 e. The summed E-state index contributed by atoms with van der Waals surface area (Å²) in [5.41, 5.74) is -0.124. The minimum Gasteiger partial charge on any atom is -0.396 e. The first-order valence-corrected chi connectivity index (χ1v) is 4.60. The van der Waals surface area contributed by atoms with E-state index < -0.39 is 0 Å². The van der Waals surface area contributed by atoms with Crippen molar-refractivity contribution in [2.75, 3.05) is 6.61 Å². The topological polar surface area (TPSA) is 37.3 Å². The third-order valence-electron chi connectivity index (χ3n) is 1.59. The van der Waals surface area contributed by atoms with Gasteiger partial charge in [0, 0.05) is 11.8 Å². The van der Waals surface area contributed by atoms with Gasteiger partial charge in [0.1, 0.15) is 0 Å². The van der Waals surface area contributed by atoms with Crippen molar-refractivity contribution in [3.63, 3.8) is 0 Å². The molecule has 0 aromatic heterocycles. The van der Waals surface area contributed by atoms with Gasteiger partial charge in [0.05, 0.1) is 0 Å². The second kappa shape index (κ2) is 3.64. The summed E-state index contributed by atoms with van der Waals surface area (Å²) in [5.74, 6) is 0. The maximum absolute atomic E-state index is 10.6. The number of aliphatic hydroxyl groups excluding tert-OH is 1. The van der Waals surface area contributed by atoms with Crippen molar-refractivity contribution in [3.8, 4) is 0 Å². The molecule has 0 bridgehead atoms. The fraction of sp³-hybridized carbons (Fsp3) is 1.00. The Bertz CT molecular complexity index is 141. The van der Waals surface area contributed by atoms with Crippen molar-refractivity contribution in [1.82, 2.24) is 0 Å². The van der Waals surface area contributed by atoms with Crippen LogP contribution in [-0.4, -0.2) is 16.9 Å². The molecule has 0 aliphatic carbocycles. The summed E-state index contributed by atoms with van der Waals surface area (Å²) in [6.07, 6.45) is 0.765. The molecule has 0 fully saturated rings. The fourth-order valence-corrected chi connectivity index (χ4v) is 1.75. The van der Waals surface area contributed by atoms with Crippen LogP contribution in [0.4, 0.5) is 0 Å². The van der Waals surface area contributed by atoms with E-state index in [-0.39, 0.29) is 25.6 Å². The normalized spacial score (nSPS) is 13.9. The van der Waals surface area contributed by atoms with Gasteiger partial charge in [-0.3, -0.25) is 4.57 Å². The van der Waals surface area contributed by atoms with Crippen LogP contribution in [0, 0.1) is 5.41 Å². The van der Waals surface area contributed by atoms with Crippen LogP contribution >= 0.6 is 8.46 Å². The monoisotopic (exact) mass is 176 g/mol. The van der Waals surface area contributed by atoms with E-state index in [1.807, 2.05) is 27.7 Å². The summed E-state index contributed by atoms with van der Waals surface area (Å²) in [4.78, 5) is 0. The lowest BCUT2D eigenvalue weighted by atomic mass is 9.84. The largest absolute Gasteiger partial charge is 0.396 e. The maximum atomic E-state index is 10.6. The molecule has 0 radical (unpaired) electrons. The Kier molecular flexibility index (Phi) is 3.66. The highest BCUT2D eigenvalue weighted by molar-refractivity contribution is 7.25. The summed E-state index contributed by atoms with van der Waals surface area (Å²) in [7, 11) is 0.154. The first-order valence-electron chi connectivity index (χ1n) is 3.78. The third kappa shape index (κ3) is 4.49. The van der Waals surface area contributed by atoms with Crippen LogP contribution < -0.4 is 0 Å².